The molecule has 0 aliphatic rings. The number of benzene rings is 1. The van der Waals surface area contributed by atoms with Crippen LogP contribution in [0.2, 0.25) is 0 Å². The van der Waals surface area contributed by atoms with Crippen molar-refractivity contribution >= 4 is 11.8 Å². The van der Waals surface area contributed by atoms with Gasteiger partial charge in [-0.05, 0) is 48.8 Å². The lowest BCUT2D eigenvalue weighted by atomic mass is 9.98. The van der Waals surface area contributed by atoms with Gasteiger partial charge in [0.15, 0.2) is 0 Å². The molecule has 1 aromatic rings. The van der Waals surface area contributed by atoms with Crippen molar-refractivity contribution in [3.05, 3.63) is 34.9 Å². The first-order valence-corrected chi connectivity index (χ1v) is 8.02. The van der Waals surface area contributed by atoms with Crippen molar-refractivity contribution in [1.29, 1.82) is 0 Å². The minimum Gasteiger partial charge on any atom is -0.309 e. The molecule has 0 amide bonds. The van der Waals surface area contributed by atoms with Gasteiger partial charge in [0.1, 0.15) is 0 Å². The lowest BCUT2D eigenvalue weighted by Crippen LogP contribution is -2.25. The van der Waals surface area contributed by atoms with E-state index in [1.54, 1.807) is 0 Å². The lowest BCUT2D eigenvalue weighted by molar-refractivity contribution is 0.574. The van der Waals surface area contributed by atoms with Crippen LogP contribution in [0, 0.1) is 13.8 Å². The van der Waals surface area contributed by atoms with Gasteiger partial charge in [0, 0.05) is 11.8 Å². The molecule has 1 rings (SSSR count). The molecule has 0 heterocycles. The third kappa shape index (κ3) is 4.66. The molecule has 1 unspecified atom stereocenters. The van der Waals surface area contributed by atoms with E-state index in [0.29, 0.717) is 11.3 Å². The quantitative estimate of drug-likeness (QED) is 0.780. The molecule has 0 bridgehead atoms. The average Bonchev–Trinajstić information content (AvgIpc) is 2.33. The molecule has 1 nitrogen and oxygen atoms in total. The second-order valence-corrected chi connectivity index (χ2v) is 6.79. The Hall–Kier alpha value is -0.470. The fourth-order valence-corrected chi connectivity index (χ4v) is 2.89. The van der Waals surface area contributed by atoms with Gasteiger partial charge < -0.3 is 5.32 Å². The largest absolute Gasteiger partial charge is 0.309 e. The Kier molecular flexibility index (Phi) is 6.80. The Balaban J connectivity index is 2.83. The third-order valence-corrected chi connectivity index (χ3v) is 4.45. The summed E-state index contributed by atoms with van der Waals surface area (Å²) in [6.07, 6.45) is 1.19. The van der Waals surface area contributed by atoms with Gasteiger partial charge in [-0.2, -0.15) is 11.8 Å². The summed E-state index contributed by atoms with van der Waals surface area (Å²) in [5.74, 6) is 1.15. The molecule has 0 spiro atoms. The van der Waals surface area contributed by atoms with Crippen LogP contribution >= 0.6 is 11.8 Å². The van der Waals surface area contributed by atoms with Crippen LogP contribution in [0.25, 0.3) is 0 Å². The SMILES string of the molecule is CCCNC(CSC(C)C)c1cccc(C)c1C. The summed E-state index contributed by atoms with van der Waals surface area (Å²) < 4.78 is 0. The molecule has 102 valence electrons. The van der Waals surface area contributed by atoms with Gasteiger partial charge in [0.2, 0.25) is 0 Å². The summed E-state index contributed by atoms with van der Waals surface area (Å²) in [7, 11) is 0. The molecule has 0 saturated carbocycles. The highest BCUT2D eigenvalue weighted by Gasteiger charge is 2.14. The van der Waals surface area contributed by atoms with Gasteiger partial charge in [-0.25, -0.2) is 0 Å². The molecule has 0 saturated heterocycles. The van der Waals surface area contributed by atoms with E-state index in [4.69, 9.17) is 0 Å². The number of thioether (sulfide) groups is 1. The van der Waals surface area contributed by atoms with Crippen LogP contribution in [0.1, 0.15) is 49.9 Å². The minimum absolute atomic E-state index is 0.484. The number of nitrogens with one attached hydrogen (secondary N) is 1. The molecule has 18 heavy (non-hydrogen) atoms. The first-order chi connectivity index (χ1) is 8.56. The molecule has 0 aromatic heterocycles. The van der Waals surface area contributed by atoms with Crippen LogP contribution in [0.4, 0.5) is 0 Å². The van der Waals surface area contributed by atoms with Gasteiger partial charge in [-0.3, -0.25) is 0 Å². The zero-order valence-electron chi connectivity index (χ0n) is 12.4. The summed E-state index contributed by atoms with van der Waals surface area (Å²) in [6, 6.07) is 7.14. The Morgan fingerprint density at radius 3 is 2.56 bits per heavy atom. The molecule has 0 radical (unpaired) electrons. The van der Waals surface area contributed by atoms with E-state index in [2.05, 4.69) is 58.1 Å². The van der Waals surface area contributed by atoms with E-state index in [-0.39, 0.29) is 0 Å². The number of hydrogen-bond acceptors (Lipinski definition) is 2. The molecule has 0 aliphatic carbocycles. The smallest absolute Gasteiger partial charge is 0.0414 e. The summed E-state index contributed by atoms with van der Waals surface area (Å²) >= 11 is 2.04. The maximum Gasteiger partial charge on any atom is 0.0414 e. The number of rotatable bonds is 7. The monoisotopic (exact) mass is 265 g/mol. The van der Waals surface area contributed by atoms with E-state index in [1.165, 1.54) is 23.1 Å². The van der Waals surface area contributed by atoms with Crippen molar-refractivity contribution in [2.75, 3.05) is 12.3 Å². The molecular formula is C16H27NS. The minimum atomic E-state index is 0.484. The first kappa shape index (κ1) is 15.6. The second kappa shape index (κ2) is 7.85. The average molecular weight is 265 g/mol. The van der Waals surface area contributed by atoms with Crippen LogP contribution in [-0.2, 0) is 0 Å². The van der Waals surface area contributed by atoms with Crippen molar-refractivity contribution in [3.8, 4) is 0 Å². The highest BCUT2D eigenvalue weighted by atomic mass is 32.2. The fraction of sp³-hybridized carbons (Fsp3) is 0.625. The zero-order valence-corrected chi connectivity index (χ0v) is 13.2. The van der Waals surface area contributed by atoms with Gasteiger partial charge in [0.25, 0.3) is 0 Å². The summed E-state index contributed by atoms with van der Waals surface area (Å²) in [5.41, 5.74) is 4.30. The maximum absolute atomic E-state index is 3.69. The zero-order chi connectivity index (χ0) is 13.5. The Morgan fingerprint density at radius 2 is 1.94 bits per heavy atom. The number of hydrogen-bond donors (Lipinski definition) is 1. The molecule has 0 aliphatic heterocycles. The summed E-state index contributed by atoms with van der Waals surface area (Å²) in [6.45, 7) is 12.3. The predicted octanol–water partition coefficient (Wildman–Crippen LogP) is 4.49. The molecule has 1 N–H and O–H groups in total. The van der Waals surface area contributed by atoms with Crippen molar-refractivity contribution in [1.82, 2.24) is 5.32 Å². The molecule has 2 heteroatoms. The van der Waals surface area contributed by atoms with Crippen molar-refractivity contribution in [3.63, 3.8) is 0 Å². The third-order valence-electron chi connectivity index (χ3n) is 3.26. The Labute approximate surface area is 117 Å². The fourth-order valence-electron chi connectivity index (χ4n) is 2.02. The highest BCUT2D eigenvalue weighted by Crippen LogP contribution is 2.25. The highest BCUT2D eigenvalue weighted by molar-refractivity contribution is 7.99. The maximum atomic E-state index is 3.69. The van der Waals surface area contributed by atoms with E-state index >= 15 is 0 Å². The van der Waals surface area contributed by atoms with Crippen LogP contribution in [-0.4, -0.2) is 17.5 Å². The van der Waals surface area contributed by atoms with E-state index < -0.39 is 0 Å². The van der Waals surface area contributed by atoms with Gasteiger partial charge in [-0.15, -0.1) is 0 Å². The van der Waals surface area contributed by atoms with Gasteiger partial charge in [-0.1, -0.05) is 39.0 Å². The summed E-state index contributed by atoms with van der Waals surface area (Å²) in [5, 5.41) is 4.38. The molecular weight excluding hydrogens is 238 g/mol. The first-order valence-electron chi connectivity index (χ1n) is 6.97. The second-order valence-electron chi connectivity index (χ2n) is 5.18. The Bertz CT molecular complexity index is 360. The standard InChI is InChI=1S/C16H27NS/c1-6-10-17-16(11-18-12(2)3)15-9-7-8-13(4)14(15)5/h7-9,12,16-17H,6,10-11H2,1-5H3. The van der Waals surface area contributed by atoms with Crippen molar-refractivity contribution in [2.45, 2.75) is 52.3 Å². The summed E-state index contributed by atoms with van der Waals surface area (Å²) in [4.78, 5) is 0. The van der Waals surface area contributed by atoms with Gasteiger partial charge in [0.05, 0.1) is 0 Å². The Morgan fingerprint density at radius 1 is 1.22 bits per heavy atom. The molecule has 0 fully saturated rings. The predicted molar refractivity (Wildman–Crippen MR) is 84.5 cm³/mol. The van der Waals surface area contributed by atoms with E-state index in [0.717, 1.165) is 12.3 Å². The molecule has 1 aromatic carbocycles. The van der Waals surface area contributed by atoms with Crippen LogP contribution in [0.15, 0.2) is 18.2 Å². The van der Waals surface area contributed by atoms with Crippen molar-refractivity contribution in [2.24, 2.45) is 0 Å². The number of aryl methyl sites for hydroxylation is 1. The lowest BCUT2D eigenvalue weighted by Gasteiger charge is -2.22. The normalized spacial score (nSPS) is 13.0. The topological polar surface area (TPSA) is 12.0 Å². The van der Waals surface area contributed by atoms with E-state index in [1.807, 2.05) is 11.8 Å². The van der Waals surface area contributed by atoms with Crippen LogP contribution in [0.3, 0.4) is 0 Å². The van der Waals surface area contributed by atoms with Gasteiger partial charge >= 0.3 is 0 Å². The molecule has 1 atom stereocenters. The van der Waals surface area contributed by atoms with Crippen LogP contribution in [0.5, 0.6) is 0 Å². The van der Waals surface area contributed by atoms with Crippen molar-refractivity contribution < 1.29 is 0 Å². The van der Waals surface area contributed by atoms with Crippen LogP contribution < -0.4 is 5.32 Å². The van der Waals surface area contributed by atoms with E-state index in [9.17, 15) is 0 Å².